The first kappa shape index (κ1) is 10.5. The van der Waals surface area contributed by atoms with Gasteiger partial charge >= 0.3 is 12.1 Å². The van der Waals surface area contributed by atoms with Crippen molar-refractivity contribution in [1.82, 2.24) is 0 Å². The number of aliphatic imine (C=N–C) groups is 1. The zero-order chi connectivity index (χ0) is 10.1. The second kappa shape index (κ2) is 3.65. The fraction of sp³-hybridized carbons (Fsp3) is 0.750. The Kier molecular flexibility index (Phi) is 2.95. The Hall–Kier alpha value is -0.580. The molecule has 1 rings (SSSR count). The van der Waals surface area contributed by atoms with Gasteiger partial charge in [-0.15, -0.1) is 0 Å². The van der Waals surface area contributed by atoms with Crippen LogP contribution in [-0.2, 0) is 14.3 Å². The fourth-order valence-corrected chi connectivity index (χ4v) is 0.863. The van der Waals surface area contributed by atoms with E-state index in [1.807, 2.05) is 13.8 Å². The summed E-state index contributed by atoms with van der Waals surface area (Å²) in [6.07, 6.45) is 0.0706. The van der Waals surface area contributed by atoms with Crippen LogP contribution in [0.25, 0.3) is 0 Å². The van der Waals surface area contributed by atoms with Crippen LogP contribution in [0.15, 0.2) is 4.99 Å². The molecule has 1 atom stereocenters. The zero-order valence-corrected chi connectivity index (χ0v) is 9.42. The van der Waals surface area contributed by atoms with Gasteiger partial charge in [0.2, 0.25) is 0 Å². The molecule has 0 aromatic rings. The Morgan fingerprint density at radius 2 is 2.38 bits per heavy atom. The minimum atomic E-state index is -0.392. The Balaban J connectivity index is 2.53. The van der Waals surface area contributed by atoms with Crippen LogP contribution in [0.3, 0.4) is 0 Å². The normalized spacial score (nSPS) is 21.7. The molecule has 1 heterocycles. The second-order valence-corrected chi connectivity index (χ2v) is 4.89. The topological polar surface area (TPSA) is 47.9 Å². The first-order chi connectivity index (χ1) is 5.91. The molecule has 0 amide bonds. The molecular formula is C8H12BrNO3. The highest BCUT2D eigenvalue weighted by Crippen LogP contribution is 2.17. The zero-order valence-electron chi connectivity index (χ0n) is 7.83. The van der Waals surface area contributed by atoms with E-state index in [4.69, 9.17) is 9.47 Å². The predicted octanol–water partition coefficient (Wildman–Crippen LogP) is 1.48. The highest BCUT2D eigenvalue weighted by Gasteiger charge is 2.29. The lowest BCUT2D eigenvalue weighted by atomic mass is 10.1. The van der Waals surface area contributed by atoms with Crippen molar-refractivity contribution in [2.75, 3.05) is 6.61 Å². The van der Waals surface area contributed by atoms with Crippen molar-refractivity contribution >= 4 is 28.0 Å². The summed E-state index contributed by atoms with van der Waals surface area (Å²) in [7, 11) is 0. The van der Waals surface area contributed by atoms with Gasteiger partial charge in [-0.1, -0.05) is 15.9 Å². The van der Waals surface area contributed by atoms with E-state index in [-0.39, 0.29) is 16.4 Å². The Morgan fingerprint density at radius 3 is 2.77 bits per heavy atom. The largest absolute Gasteiger partial charge is 0.448 e. The van der Waals surface area contributed by atoms with Gasteiger partial charge < -0.3 is 9.47 Å². The number of carbonyl (C=O) groups is 1. The van der Waals surface area contributed by atoms with Crippen LogP contribution < -0.4 is 0 Å². The highest BCUT2D eigenvalue weighted by molar-refractivity contribution is 9.10. The average Bonchev–Trinajstić information content (AvgIpc) is 2.30. The van der Waals surface area contributed by atoms with Gasteiger partial charge in [0.15, 0.2) is 0 Å². The molecule has 0 bridgehead atoms. The molecule has 0 aromatic heterocycles. The lowest BCUT2D eigenvalue weighted by Crippen LogP contribution is -2.19. The summed E-state index contributed by atoms with van der Waals surface area (Å²) < 4.78 is 9.93. The van der Waals surface area contributed by atoms with Crippen molar-refractivity contribution in [3.8, 4) is 0 Å². The molecule has 5 heteroatoms. The maximum absolute atomic E-state index is 11.1. The van der Waals surface area contributed by atoms with Crippen LogP contribution in [-0.4, -0.2) is 29.0 Å². The smallest absolute Gasteiger partial charge is 0.392 e. The van der Waals surface area contributed by atoms with E-state index in [0.717, 1.165) is 0 Å². The van der Waals surface area contributed by atoms with Gasteiger partial charge in [0.25, 0.3) is 0 Å². The van der Waals surface area contributed by atoms with Gasteiger partial charge in [0.1, 0.15) is 11.4 Å². The number of ether oxygens (including phenoxy) is 2. The third-order valence-corrected chi connectivity index (χ3v) is 1.83. The number of nitrogens with zero attached hydrogens (tertiary/aromatic N) is 1. The quantitative estimate of drug-likeness (QED) is 0.523. The molecule has 0 spiro atoms. The molecule has 74 valence electrons. The average molecular weight is 250 g/mol. The van der Waals surface area contributed by atoms with Crippen molar-refractivity contribution in [3.63, 3.8) is 0 Å². The summed E-state index contributed by atoms with van der Waals surface area (Å²) in [4.78, 5) is 14.8. The Labute approximate surface area is 85.4 Å². The molecule has 0 saturated carbocycles. The van der Waals surface area contributed by atoms with Crippen LogP contribution >= 0.6 is 15.9 Å². The standard InChI is InChI=1S/C8H12BrNO3/c1-5(9)6(11)13-7-10-8(2,3)4-12-7/h5H,4H2,1-3H3. The fourth-order valence-electron chi connectivity index (χ4n) is 0.770. The summed E-state index contributed by atoms with van der Waals surface area (Å²) in [5, 5.41) is 0. The van der Waals surface area contributed by atoms with Crippen molar-refractivity contribution in [2.24, 2.45) is 4.99 Å². The molecule has 1 unspecified atom stereocenters. The number of esters is 1. The van der Waals surface area contributed by atoms with Crippen molar-refractivity contribution in [3.05, 3.63) is 0 Å². The molecule has 1 aliphatic rings. The van der Waals surface area contributed by atoms with Gasteiger partial charge in [-0.2, -0.15) is 0 Å². The van der Waals surface area contributed by atoms with E-state index >= 15 is 0 Å². The summed E-state index contributed by atoms with van der Waals surface area (Å²) in [5.41, 5.74) is -0.287. The molecule has 0 saturated heterocycles. The number of hydrogen-bond acceptors (Lipinski definition) is 4. The molecular weight excluding hydrogens is 238 g/mol. The predicted molar refractivity (Wildman–Crippen MR) is 51.9 cm³/mol. The third-order valence-electron chi connectivity index (χ3n) is 1.46. The molecule has 0 aliphatic carbocycles. The number of alkyl halides is 1. The van der Waals surface area contributed by atoms with Crippen molar-refractivity contribution in [1.29, 1.82) is 0 Å². The molecule has 4 nitrogen and oxygen atoms in total. The molecule has 13 heavy (non-hydrogen) atoms. The Bertz CT molecular complexity index is 248. The van der Waals surface area contributed by atoms with Gasteiger partial charge in [-0.25, -0.2) is 4.99 Å². The minimum Gasteiger partial charge on any atom is -0.448 e. The van der Waals surface area contributed by atoms with E-state index in [9.17, 15) is 4.79 Å². The maximum Gasteiger partial charge on any atom is 0.392 e. The second-order valence-electron chi connectivity index (χ2n) is 3.52. The first-order valence-electron chi connectivity index (χ1n) is 3.99. The van der Waals surface area contributed by atoms with Crippen LogP contribution in [0.5, 0.6) is 0 Å². The van der Waals surface area contributed by atoms with Gasteiger partial charge in [0, 0.05) is 0 Å². The van der Waals surface area contributed by atoms with Crippen LogP contribution in [0.1, 0.15) is 20.8 Å². The molecule has 0 N–H and O–H groups in total. The molecule has 0 aromatic carbocycles. The van der Waals surface area contributed by atoms with E-state index < -0.39 is 5.97 Å². The number of hydrogen-bond donors (Lipinski definition) is 0. The first-order valence-corrected chi connectivity index (χ1v) is 4.91. The SMILES string of the molecule is CC(Br)C(=O)OC1=NC(C)(C)CO1. The maximum atomic E-state index is 11.1. The third kappa shape index (κ3) is 2.99. The molecule has 0 radical (unpaired) electrons. The monoisotopic (exact) mass is 249 g/mol. The van der Waals surface area contributed by atoms with Gasteiger partial charge in [-0.3, -0.25) is 4.79 Å². The van der Waals surface area contributed by atoms with Crippen molar-refractivity contribution < 1.29 is 14.3 Å². The van der Waals surface area contributed by atoms with Gasteiger partial charge in [-0.05, 0) is 20.8 Å². The van der Waals surface area contributed by atoms with Gasteiger partial charge in [0.05, 0.1) is 5.54 Å². The summed E-state index contributed by atoms with van der Waals surface area (Å²) >= 11 is 3.09. The lowest BCUT2D eigenvalue weighted by Gasteiger charge is -2.06. The summed E-state index contributed by atoms with van der Waals surface area (Å²) in [6, 6.07) is 0. The number of rotatable bonds is 1. The van der Waals surface area contributed by atoms with Crippen molar-refractivity contribution in [2.45, 2.75) is 31.1 Å². The summed E-state index contributed by atoms with van der Waals surface area (Å²) in [6.45, 7) is 5.95. The van der Waals surface area contributed by atoms with Crippen LogP contribution in [0, 0.1) is 0 Å². The Morgan fingerprint density at radius 1 is 1.77 bits per heavy atom. The molecule has 0 fully saturated rings. The lowest BCUT2D eigenvalue weighted by molar-refractivity contribution is -0.135. The van der Waals surface area contributed by atoms with E-state index in [0.29, 0.717) is 6.61 Å². The van der Waals surface area contributed by atoms with Crippen LogP contribution in [0.4, 0.5) is 0 Å². The van der Waals surface area contributed by atoms with E-state index in [1.165, 1.54) is 0 Å². The van der Waals surface area contributed by atoms with E-state index in [1.54, 1.807) is 6.92 Å². The number of carbonyl (C=O) groups excluding carboxylic acids is 1. The summed E-state index contributed by atoms with van der Waals surface area (Å²) in [5.74, 6) is -0.392. The highest BCUT2D eigenvalue weighted by atomic mass is 79.9. The molecule has 1 aliphatic heterocycles. The minimum absolute atomic E-state index is 0.0706. The number of halogens is 1. The van der Waals surface area contributed by atoms with Crippen LogP contribution in [0.2, 0.25) is 0 Å². The van der Waals surface area contributed by atoms with E-state index in [2.05, 4.69) is 20.9 Å².